The lowest BCUT2D eigenvalue weighted by Crippen LogP contribution is -2.33. The van der Waals surface area contributed by atoms with E-state index in [-0.39, 0.29) is 5.91 Å². The molecule has 0 saturated heterocycles. The molecule has 0 radical (unpaired) electrons. The van der Waals surface area contributed by atoms with Crippen molar-refractivity contribution in [2.45, 2.75) is 19.3 Å². The van der Waals surface area contributed by atoms with E-state index in [0.29, 0.717) is 22.9 Å². The Kier molecular flexibility index (Phi) is 4.11. The fourth-order valence-corrected chi connectivity index (χ4v) is 3.49. The highest BCUT2D eigenvalue weighted by Crippen LogP contribution is 2.44. The van der Waals surface area contributed by atoms with Gasteiger partial charge in [0.25, 0.3) is 0 Å². The molecule has 0 saturated carbocycles. The largest absolute Gasteiger partial charge is 0.464 e. The fraction of sp³-hybridized carbons (Fsp3) is 0.136. The summed E-state index contributed by atoms with van der Waals surface area (Å²) in [5.74, 6) is 0.551. The molecule has 3 aromatic rings. The third kappa shape index (κ3) is 2.70. The summed E-state index contributed by atoms with van der Waals surface area (Å²) in [5, 5.41) is 9.65. The number of hydrogen-bond donors (Lipinski definition) is 1. The Hall–Kier alpha value is -3.67. The number of nitrogens with zero attached hydrogens (tertiary/aromatic N) is 3. The second-order valence-electron chi connectivity index (χ2n) is 7.11. The topological polar surface area (TPSA) is 73.7 Å². The predicted molar refractivity (Wildman–Crippen MR) is 107 cm³/mol. The van der Waals surface area contributed by atoms with Gasteiger partial charge < -0.3 is 5.11 Å². The molecule has 0 bridgehead atoms. The first kappa shape index (κ1) is 17.7. The van der Waals surface area contributed by atoms with E-state index in [2.05, 4.69) is 4.98 Å². The van der Waals surface area contributed by atoms with Gasteiger partial charge in [-0.1, -0.05) is 24.3 Å². The number of fused-ring (bicyclic) bond motifs is 1. The number of rotatable bonds is 3. The highest BCUT2D eigenvalue weighted by molar-refractivity contribution is 6.11. The molecule has 6 nitrogen and oxygen atoms in total. The van der Waals surface area contributed by atoms with E-state index in [9.17, 15) is 14.7 Å². The number of amides is 2. The Morgan fingerprint density at radius 1 is 0.964 bits per heavy atom. The molecule has 2 heterocycles. The van der Waals surface area contributed by atoms with Crippen molar-refractivity contribution in [1.82, 2.24) is 4.98 Å². The first-order valence-electron chi connectivity index (χ1n) is 8.89. The van der Waals surface area contributed by atoms with Gasteiger partial charge in [-0.15, -0.1) is 0 Å². The predicted octanol–water partition coefficient (Wildman–Crippen LogP) is 4.85. The van der Waals surface area contributed by atoms with E-state index in [4.69, 9.17) is 0 Å². The number of aromatic nitrogens is 1. The van der Waals surface area contributed by atoms with Crippen molar-refractivity contribution in [1.29, 1.82) is 0 Å². The number of carbonyl (C=O) groups excluding carboxylic acids is 1. The van der Waals surface area contributed by atoms with Gasteiger partial charge in [0.2, 0.25) is 5.91 Å². The zero-order chi connectivity index (χ0) is 19.9. The van der Waals surface area contributed by atoms with Crippen LogP contribution in [0.4, 0.5) is 27.7 Å². The van der Waals surface area contributed by atoms with Crippen molar-refractivity contribution >= 4 is 34.9 Å². The number of carboxylic acid groups (broad SMARTS) is 1. The number of carbonyl (C=O) groups is 2. The van der Waals surface area contributed by atoms with E-state index >= 15 is 0 Å². The highest BCUT2D eigenvalue weighted by Gasteiger charge is 2.45. The standard InChI is InChI=1S/C22H19N3O3/c1-22(2)18-9-6-14-23-19(18)25(20(22)26)17-12-10-16(11-13-17)24(21(27)28)15-7-4-3-5-8-15/h3-14H,1-2H3,(H,27,28). The minimum Gasteiger partial charge on any atom is -0.464 e. The second-order valence-corrected chi connectivity index (χ2v) is 7.11. The Morgan fingerprint density at radius 2 is 1.61 bits per heavy atom. The molecule has 1 aliphatic rings. The SMILES string of the molecule is CC1(C)C(=O)N(c2ccc(N(C(=O)O)c3ccccc3)cc2)c2ncccc21. The maximum atomic E-state index is 13.0. The van der Waals surface area contributed by atoms with Crippen LogP contribution in [0.15, 0.2) is 72.9 Å². The highest BCUT2D eigenvalue weighted by atomic mass is 16.4. The molecule has 2 aromatic carbocycles. The van der Waals surface area contributed by atoms with Crippen molar-refractivity contribution in [3.63, 3.8) is 0 Å². The minimum atomic E-state index is -1.08. The summed E-state index contributed by atoms with van der Waals surface area (Å²) in [6.45, 7) is 3.76. The number of pyridine rings is 1. The van der Waals surface area contributed by atoms with Gasteiger partial charge in [-0.25, -0.2) is 14.7 Å². The number of anilines is 4. The molecule has 0 aliphatic carbocycles. The van der Waals surface area contributed by atoms with Gasteiger partial charge in [-0.05, 0) is 56.3 Å². The number of para-hydroxylation sites is 1. The van der Waals surface area contributed by atoms with Crippen LogP contribution in [0.25, 0.3) is 0 Å². The summed E-state index contributed by atoms with van der Waals surface area (Å²) < 4.78 is 0. The Labute approximate surface area is 162 Å². The zero-order valence-corrected chi connectivity index (χ0v) is 15.5. The molecular weight excluding hydrogens is 354 g/mol. The quantitative estimate of drug-likeness (QED) is 0.712. The Morgan fingerprint density at radius 3 is 2.25 bits per heavy atom. The fourth-order valence-electron chi connectivity index (χ4n) is 3.49. The maximum Gasteiger partial charge on any atom is 0.416 e. The molecule has 0 spiro atoms. The Balaban J connectivity index is 1.73. The van der Waals surface area contributed by atoms with Crippen molar-refractivity contribution in [3.8, 4) is 0 Å². The van der Waals surface area contributed by atoms with Crippen LogP contribution in [0, 0.1) is 0 Å². The average Bonchev–Trinajstić information content (AvgIpc) is 2.90. The second kappa shape index (κ2) is 6.49. The molecule has 28 heavy (non-hydrogen) atoms. The van der Waals surface area contributed by atoms with Crippen LogP contribution >= 0.6 is 0 Å². The molecule has 0 fully saturated rings. The summed E-state index contributed by atoms with van der Waals surface area (Å²) in [6, 6.07) is 19.5. The van der Waals surface area contributed by atoms with Gasteiger partial charge in [-0.2, -0.15) is 0 Å². The molecular formula is C22H19N3O3. The minimum absolute atomic E-state index is 0.0629. The third-order valence-electron chi connectivity index (χ3n) is 4.98. The van der Waals surface area contributed by atoms with E-state index in [1.165, 1.54) is 4.90 Å². The molecule has 6 heteroatoms. The Bertz CT molecular complexity index is 1050. The lowest BCUT2D eigenvalue weighted by molar-refractivity contribution is -0.121. The first-order chi connectivity index (χ1) is 13.4. The van der Waals surface area contributed by atoms with Gasteiger partial charge in [0.15, 0.2) is 0 Å². The van der Waals surface area contributed by atoms with Crippen LogP contribution in [0.1, 0.15) is 19.4 Å². The van der Waals surface area contributed by atoms with Crippen LogP contribution in [0.5, 0.6) is 0 Å². The van der Waals surface area contributed by atoms with E-state index in [1.54, 1.807) is 59.6 Å². The summed E-state index contributed by atoms with van der Waals surface area (Å²) in [6.07, 6.45) is 0.584. The lowest BCUT2D eigenvalue weighted by Gasteiger charge is -2.22. The van der Waals surface area contributed by atoms with Crippen LogP contribution in [0.3, 0.4) is 0 Å². The summed E-state index contributed by atoms with van der Waals surface area (Å²) >= 11 is 0. The molecule has 0 unspecified atom stereocenters. The van der Waals surface area contributed by atoms with Crippen molar-refractivity contribution in [2.24, 2.45) is 0 Å². The van der Waals surface area contributed by atoms with Crippen molar-refractivity contribution in [2.75, 3.05) is 9.80 Å². The summed E-state index contributed by atoms with van der Waals surface area (Å²) in [5.41, 5.74) is 1.90. The smallest absolute Gasteiger partial charge is 0.416 e. The zero-order valence-electron chi connectivity index (χ0n) is 15.5. The van der Waals surface area contributed by atoms with Crippen molar-refractivity contribution < 1.29 is 14.7 Å². The van der Waals surface area contributed by atoms with Crippen LogP contribution < -0.4 is 9.80 Å². The monoisotopic (exact) mass is 373 g/mol. The molecule has 140 valence electrons. The van der Waals surface area contributed by atoms with E-state index < -0.39 is 11.5 Å². The van der Waals surface area contributed by atoms with Gasteiger partial charge in [0.05, 0.1) is 22.5 Å². The summed E-state index contributed by atoms with van der Waals surface area (Å²) in [4.78, 5) is 32.0. The average molecular weight is 373 g/mol. The maximum absolute atomic E-state index is 13.0. The van der Waals surface area contributed by atoms with E-state index in [1.807, 2.05) is 32.0 Å². The summed E-state index contributed by atoms with van der Waals surface area (Å²) in [7, 11) is 0. The normalized spacial score (nSPS) is 14.6. The van der Waals surface area contributed by atoms with E-state index in [0.717, 1.165) is 5.56 Å². The van der Waals surface area contributed by atoms with Crippen LogP contribution in [-0.4, -0.2) is 22.1 Å². The lowest BCUT2D eigenvalue weighted by atomic mass is 9.87. The van der Waals surface area contributed by atoms with Gasteiger partial charge >= 0.3 is 6.09 Å². The van der Waals surface area contributed by atoms with Crippen LogP contribution in [-0.2, 0) is 10.2 Å². The number of benzene rings is 2. The molecule has 2 amide bonds. The van der Waals surface area contributed by atoms with Gasteiger partial charge in [0.1, 0.15) is 5.82 Å². The van der Waals surface area contributed by atoms with Gasteiger partial charge in [0, 0.05) is 11.8 Å². The number of hydrogen-bond acceptors (Lipinski definition) is 3. The molecule has 0 atom stereocenters. The molecule has 1 N–H and O–H groups in total. The first-order valence-corrected chi connectivity index (χ1v) is 8.89. The molecule has 4 rings (SSSR count). The third-order valence-corrected chi connectivity index (χ3v) is 4.98. The molecule has 1 aromatic heterocycles. The van der Waals surface area contributed by atoms with Gasteiger partial charge in [-0.3, -0.25) is 9.69 Å². The van der Waals surface area contributed by atoms with Crippen molar-refractivity contribution in [3.05, 3.63) is 78.5 Å². The molecule has 1 aliphatic heterocycles. The van der Waals surface area contributed by atoms with Crippen LogP contribution in [0.2, 0.25) is 0 Å².